The van der Waals surface area contributed by atoms with Crippen LogP contribution in [0.15, 0.2) is 126 Å². The maximum atomic E-state index is 15.2. The summed E-state index contributed by atoms with van der Waals surface area (Å²) in [4.78, 5) is 0. The molecule has 0 radical (unpaired) electrons. The first kappa shape index (κ1) is 26.0. The Balaban J connectivity index is 2.03. The van der Waals surface area contributed by atoms with Crippen molar-refractivity contribution < 1.29 is 22.0 Å². The predicted octanol–water partition coefficient (Wildman–Crippen LogP) is 7.91. The van der Waals surface area contributed by atoms with Gasteiger partial charge in [0.25, 0.3) is 0 Å². The molecular formula is C30H20F5NP2. The van der Waals surface area contributed by atoms with Crippen molar-refractivity contribution in [1.29, 1.82) is 0 Å². The molecule has 0 heterocycles. The lowest BCUT2D eigenvalue weighted by atomic mass is 10.2. The van der Waals surface area contributed by atoms with Gasteiger partial charge in [0.1, 0.15) is 5.69 Å². The molecular weight excluding hydrogens is 531 g/mol. The van der Waals surface area contributed by atoms with Crippen LogP contribution in [-0.2, 0) is 0 Å². The fourth-order valence-electron chi connectivity index (χ4n) is 4.26. The maximum Gasteiger partial charge on any atom is 0.200 e. The van der Waals surface area contributed by atoms with Crippen LogP contribution in [-0.4, -0.2) is 0 Å². The highest BCUT2D eigenvalue weighted by Gasteiger charge is 2.38. The minimum atomic E-state index is -3.33. The molecule has 0 amide bonds. The molecule has 0 aromatic heterocycles. The number of hydrogen-bond acceptors (Lipinski definition) is 1. The molecule has 0 atom stereocenters. The Kier molecular flexibility index (Phi) is 7.56. The minimum Gasteiger partial charge on any atom is -0.247 e. The van der Waals surface area contributed by atoms with Crippen LogP contribution >= 0.6 is 14.4 Å². The van der Waals surface area contributed by atoms with Gasteiger partial charge < -0.3 is 0 Å². The second-order valence-corrected chi connectivity index (χ2v) is 15.3. The summed E-state index contributed by atoms with van der Waals surface area (Å²) in [7, 11) is -1.55. The highest BCUT2D eigenvalue weighted by molar-refractivity contribution is 8.45. The van der Waals surface area contributed by atoms with E-state index >= 15 is 8.78 Å². The molecule has 0 aliphatic heterocycles. The van der Waals surface area contributed by atoms with Crippen molar-refractivity contribution >= 4 is 41.3 Å². The van der Waals surface area contributed by atoms with Gasteiger partial charge in [0.2, 0.25) is 5.82 Å². The van der Waals surface area contributed by atoms with E-state index in [1.165, 1.54) is 0 Å². The summed E-state index contributed by atoms with van der Waals surface area (Å²) in [5, 5.41) is 2.99. The number of rotatable bonds is 6. The van der Waals surface area contributed by atoms with Gasteiger partial charge in [-0.2, -0.15) is 0 Å². The second-order valence-electron chi connectivity index (χ2n) is 8.27. The van der Waals surface area contributed by atoms with Crippen LogP contribution in [0.3, 0.4) is 0 Å². The summed E-state index contributed by atoms with van der Waals surface area (Å²) in [6.45, 7) is -3.33. The SMILES string of the molecule is Fc1c(F)c(F)c(N=P(c2ccccc2)(c2ccccc2)P(c2ccccc2)c2ccccc2)c(F)c1F. The molecule has 8 heteroatoms. The van der Waals surface area contributed by atoms with Gasteiger partial charge in [0, 0.05) is 18.2 Å². The summed E-state index contributed by atoms with van der Waals surface area (Å²) >= 11 is 0. The zero-order chi connectivity index (χ0) is 26.7. The van der Waals surface area contributed by atoms with Crippen molar-refractivity contribution in [2.45, 2.75) is 0 Å². The molecule has 1 nitrogen and oxygen atoms in total. The molecule has 0 aliphatic carbocycles. The Morgan fingerprint density at radius 3 is 1.11 bits per heavy atom. The minimum absolute atomic E-state index is 0.647. The van der Waals surface area contributed by atoms with Crippen molar-refractivity contribution in [1.82, 2.24) is 0 Å². The molecule has 5 rings (SSSR count). The van der Waals surface area contributed by atoms with Gasteiger partial charge in [-0.05, 0) is 10.6 Å². The fraction of sp³-hybridized carbons (Fsp3) is 0. The summed E-state index contributed by atoms with van der Waals surface area (Å²) in [6.07, 6.45) is 0. The second kappa shape index (κ2) is 11.0. The van der Waals surface area contributed by atoms with E-state index in [0.29, 0.717) is 10.6 Å². The molecule has 0 unspecified atom stereocenters. The maximum absolute atomic E-state index is 15.2. The topological polar surface area (TPSA) is 12.4 Å². The van der Waals surface area contributed by atoms with Crippen LogP contribution < -0.4 is 21.2 Å². The van der Waals surface area contributed by atoms with E-state index in [9.17, 15) is 13.2 Å². The largest absolute Gasteiger partial charge is 0.247 e. The molecule has 190 valence electrons. The highest BCUT2D eigenvalue weighted by atomic mass is 32.1. The van der Waals surface area contributed by atoms with E-state index in [1.54, 1.807) is 60.7 Å². The molecule has 0 saturated heterocycles. The van der Waals surface area contributed by atoms with Crippen molar-refractivity contribution in [3.05, 3.63) is 150 Å². The highest BCUT2D eigenvalue weighted by Crippen LogP contribution is 2.75. The lowest BCUT2D eigenvalue weighted by Gasteiger charge is -2.35. The van der Waals surface area contributed by atoms with Gasteiger partial charge in [-0.25, -0.2) is 26.7 Å². The van der Waals surface area contributed by atoms with Gasteiger partial charge in [-0.3, -0.25) is 0 Å². The zero-order valence-corrected chi connectivity index (χ0v) is 21.6. The molecule has 0 N–H and O–H groups in total. The number of benzene rings is 5. The van der Waals surface area contributed by atoms with E-state index in [0.717, 1.165) is 10.6 Å². The van der Waals surface area contributed by atoms with Crippen LogP contribution in [0.1, 0.15) is 0 Å². The summed E-state index contributed by atoms with van der Waals surface area (Å²) in [5.74, 6) is -10.2. The Hall–Kier alpha value is -3.59. The van der Waals surface area contributed by atoms with E-state index in [-0.39, 0.29) is 0 Å². The molecule has 38 heavy (non-hydrogen) atoms. The average molecular weight is 551 g/mol. The van der Waals surface area contributed by atoms with Gasteiger partial charge in [0.05, 0.1) is 6.74 Å². The number of halogens is 5. The Bertz CT molecular complexity index is 1500. The quantitative estimate of drug-likeness (QED) is 0.0881. The molecule has 0 saturated carbocycles. The molecule has 0 spiro atoms. The number of nitrogens with zero attached hydrogens (tertiary/aromatic N) is 1. The molecule has 0 fully saturated rings. The van der Waals surface area contributed by atoms with Gasteiger partial charge >= 0.3 is 0 Å². The Morgan fingerprint density at radius 2 is 0.737 bits per heavy atom. The Labute approximate surface area is 218 Å². The van der Waals surface area contributed by atoms with Crippen molar-refractivity contribution in [2.24, 2.45) is 4.74 Å². The van der Waals surface area contributed by atoms with Crippen LogP contribution in [0.4, 0.5) is 27.6 Å². The van der Waals surface area contributed by atoms with Crippen LogP contribution in [0.2, 0.25) is 0 Å². The predicted molar refractivity (Wildman–Crippen MR) is 146 cm³/mol. The van der Waals surface area contributed by atoms with Crippen molar-refractivity contribution in [3.8, 4) is 0 Å². The fourth-order valence-corrected chi connectivity index (χ4v) is 14.4. The summed E-state index contributed by atoms with van der Waals surface area (Å²) in [5.41, 5.74) is -1.16. The molecule has 5 aromatic carbocycles. The van der Waals surface area contributed by atoms with E-state index in [4.69, 9.17) is 0 Å². The number of hydrogen-bond donors (Lipinski definition) is 0. The standard InChI is InChI=1S/C30H20F5NP2/c31-25-26(32)28(34)30(29(35)27(25)33)36-38(23-17-9-3-10-18-23,24-19-11-4-12-20-24)37(21-13-5-1-6-14-21)22-15-7-2-8-16-22/h1-20H. The van der Waals surface area contributed by atoms with Crippen LogP contribution in [0, 0.1) is 29.1 Å². The first-order valence-electron chi connectivity index (χ1n) is 11.6. The van der Waals surface area contributed by atoms with Crippen molar-refractivity contribution in [3.63, 3.8) is 0 Å². The van der Waals surface area contributed by atoms with Gasteiger partial charge in [-0.15, -0.1) is 0 Å². The summed E-state index contributed by atoms with van der Waals surface area (Å²) in [6, 6.07) is 36.7. The van der Waals surface area contributed by atoms with E-state index < -0.39 is 49.1 Å². The van der Waals surface area contributed by atoms with Gasteiger partial charge in [-0.1, -0.05) is 121 Å². The van der Waals surface area contributed by atoms with Crippen molar-refractivity contribution in [2.75, 3.05) is 0 Å². The zero-order valence-electron chi connectivity index (χ0n) is 19.8. The lowest BCUT2D eigenvalue weighted by Crippen LogP contribution is -2.23. The first-order valence-corrected chi connectivity index (χ1v) is 15.4. The first-order chi connectivity index (χ1) is 18.4. The van der Waals surface area contributed by atoms with Crippen LogP contribution in [0.25, 0.3) is 0 Å². The van der Waals surface area contributed by atoms with E-state index in [2.05, 4.69) is 4.74 Å². The monoisotopic (exact) mass is 551 g/mol. The van der Waals surface area contributed by atoms with E-state index in [1.807, 2.05) is 60.7 Å². The Morgan fingerprint density at radius 1 is 0.421 bits per heavy atom. The third-order valence-electron chi connectivity index (χ3n) is 5.95. The third kappa shape index (κ3) is 4.60. The molecule has 5 aromatic rings. The smallest absolute Gasteiger partial charge is 0.200 e. The average Bonchev–Trinajstić information content (AvgIpc) is 2.98. The molecule has 0 bridgehead atoms. The molecule has 0 aliphatic rings. The normalized spacial score (nSPS) is 11.5. The van der Waals surface area contributed by atoms with Crippen LogP contribution in [0.5, 0.6) is 0 Å². The summed E-state index contributed by atoms with van der Waals surface area (Å²) < 4.78 is 78.0. The lowest BCUT2D eigenvalue weighted by molar-refractivity contribution is 0.381. The van der Waals surface area contributed by atoms with Gasteiger partial charge in [0.15, 0.2) is 23.3 Å². The third-order valence-corrected chi connectivity index (χ3v) is 15.4.